The molecule has 1 rings (SSSR count). The lowest BCUT2D eigenvalue weighted by atomic mass is 10.1. The van der Waals surface area contributed by atoms with Crippen molar-refractivity contribution in [3.05, 3.63) is 29.8 Å². The third kappa shape index (κ3) is 4.15. The van der Waals surface area contributed by atoms with Crippen LogP contribution in [0.15, 0.2) is 24.3 Å². The molecule has 98 valence electrons. The van der Waals surface area contributed by atoms with Crippen LogP contribution in [0.2, 0.25) is 0 Å². The number of hydrogen-bond acceptors (Lipinski definition) is 5. The molecule has 0 aliphatic rings. The Balaban J connectivity index is 2.63. The van der Waals surface area contributed by atoms with Gasteiger partial charge in [0.25, 0.3) is 0 Å². The fourth-order valence-corrected chi connectivity index (χ4v) is 1.24. The zero-order valence-corrected chi connectivity index (χ0v) is 9.87. The number of aliphatic hydroxyl groups is 1. The molecule has 0 bridgehead atoms. The number of carbonyl (C=O) groups excluding carboxylic acids is 1. The van der Waals surface area contributed by atoms with Crippen LogP contribution < -0.4 is 10.5 Å². The minimum Gasteiger partial charge on any atom is -0.480 e. The predicted octanol–water partition coefficient (Wildman–Crippen LogP) is -0.0728. The predicted molar refractivity (Wildman–Crippen MR) is 63.1 cm³/mol. The average Bonchev–Trinajstić information content (AvgIpc) is 2.31. The molecule has 0 amide bonds. The van der Waals surface area contributed by atoms with Gasteiger partial charge in [0.1, 0.15) is 17.9 Å². The fraction of sp³-hybridized carbons (Fsp3) is 0.333. The van der Waals surface area contributed by atoms with E-state index in [9.17, 15) is 9.59 Å². The smallest absolute Gasteiger partial charge is 0.340 e. The molecule has 1 aromatic carbocycles. The minimum atomic E-state index is -1.19. The van der Waals surface area contributed by atoms with Crippen molar-refractivity contribution in [2.24, 2.45) is 5.73 Å². The van der Waals surface area contributed by atoms with Crippen LogP contribution in [-0.4, -0.2) is 34.3 Å². The molecule has 0 heterocycles. The van der Waals surface area contributed by atoms with E-state index in [1.165, 1.54) is 19.1 Å². The van der Waals surface area contributed by atoms with E-state index < -0.39 is 24.1 Å². The lowest BCUT2D eigenvalue weighted by molar-refractivity contribution is -0.142. The molecule has 0 radical (unpaired) electrons. The summed E-state index contributed by atoms with van der Waals surface area (Å²) in [5, 5.41) is 17.6. The number of hydrogen-bond donors (Lipinski definition) is 3. The summed E-state index contributed by atoms with van der Waals surface area (Å²) in [6, 6.07) is 5.31. The second-order valence-corrected chi connectivity index (χ2v) is 3.89. The number of carboxylic acids is 1. The highest BCUT2D eigenvalue weighted by Gasteiger charge is 2.13. The largest absolute Gasteiger partial charge is 0.480 e. The van der Waals surface area contributed by atoms with Gasteiger partial charge in [0.05, 0.1) is 0 Å². The van der Waals surface area contributed by atoms with Crippen LogP contribution in [0, 0.1) is 0 Å². The first-order valence-electron chi connectivity index (χ1n) is 5.37. The van der Waals surface area contributed by atoms with Gasteiger partial charge in [0, 0.05) is 0 Å². The summed E-state index contributed by atoms with van der Waals surface area (Å²) in [4.78, 5) is 21.7. The van der Waals surface area contributed by atoms with E-state index in [0.717, 1.165) is 5.56 Å². The van der Waals surface area contributed by atoms with Crippen molar-refractivity contribution < 1.29 is 24.5 Å². The van der Waals surface area contributed by atoms with Gasteiger partial charge >= 0.3 is 11.9 Å². The Labute approximate surface area is 104 Å². The molecule has 4 N–H and O–H groups in total. The quantitative estimate of drug-likeness (QED) is 0.500. The number of ether oxygens (including phenoxy) is 1. The van der Waals surface area contributed by atoms with Crippen molar-refractivity contribution in [3.8, 4) is 5.75 Å². The zero-order chi connectivity index (χ0) is 13.7. The normalized spacial score (nSPS) is 13.7. The van der Waals surface area contributed by atoms with Gasteiger partial charge in [-0.15, -0.1) is 0 Å². The van der Waals surface area contributed by atoms with Crippen molar-refractivity contribution in [2.45, 2.75) is 25.5 Å². The molecule has 18 heavy (non-hydrogen) atoms. The fourth-order valence-electron chi connectivity index (χ4n) is 1.24. The molecule has 2 atom stereocenters. The summed E-state index contributed by atoms with van der Waals surface area (Å²) < 4.78 is 4.85. The van der Waals surface area contributed by atoms with Crippen LogP contribution in [0.3, 0.4) is 0 Å². The van der Waals surface area contributed by atoms with Crippen molar-refractivity contribution in [1.82, 2.24) is 0 Å². The van der Waals surface area contributed by atoms with Crippen LogP contribution >= 0.6 is 0 Å². The van der Waals surface area contributed by atoms with Gasteiger partial charge in [0.15, 0.2) is 0 Å². The number of aliphatic hydroxyl groups excluding tert-OH is 1. The number of carboxylic acid groups (broad SMARTS) is 1. The molecule has 1 unspecified atom stereocenters. The van der Waals surface area contributed by atoms with E-state index >= 15 is 0 Å². The molecular formula is C12H15NO5. The summed E-state index contributed by atoms with van der Waals surface area (Å²) in [7, 11) is 0. The van der Waals surface area contributed by atoms with Crippen molar-refractivity contribution in [3.63, 3.8) is 0 Å². The number of esters is 1. The first-order chi connectivity index (χ1) is 8.40. The maximum atomic E-state index is 11.1. The van der Waals surface area contributed by atoms with E-state index in [0.29, 0.717) is 0 Å². The highest BCUT2D eigenvalue weighted by molar-refractivity contribution is 5.76. The average molecular weight is 253 g/mol. The van der Waals surface area contributed by atoms with Crippen molar-refractivity contribution in [2.75, 3.05) is 0 Å². The van der Waals surface area contributed by atoms with Crippen molar-refractivity contribution in [1.29, 1.82) is 0 Å². The van der Waals surface area contributed by atoms with E-state index in [-0.39, 0.29) is 12.2 Å². The first kappa shape index (κ1) is 14.1. The van der Waals surface area contributed by atoms with Gasteiger partial charge in [-0.25, -0.2) is 4.79 Å². The number of nitrogens with two attached hydrogens (primary N) is 1. The number of aliphatic carboxylic acids is 1. The molecule has 0 aliphatic carbocycles. The maximum Gasteiger partial charge on any atom is 0.340 e. The summed E-state index contributed by atoms with van der Waals surface area (Å²) in [6.07, 6.45) is -0.995. The monoisotopic (exact) mass is 253 g/mol. The molecule has 0 aliphatic heterocycles. The van der Waals surface area contributed by atoms with Crippen molar-refractivity contribution >= 4 is 11.9 Å². The molecule has 0 saturated carbocycles. The first-order valence-corrected chi connectivity index (χ1v) is 5.37. The third-order valence-corrected chi connectivity index (χ3v) is 2.26. The van der Waals surface area contributed by atoms with Crippen LogP contribution in [0.1, 0.15) is 12.5 Å². The van der Waals surface area contributed by atoms with Crippen LogP contribution in [0.5, 0.6) is 5.75 Å². The van der Waals surface area contributed by atoms with Crippen LogP contribution in [0.4, 0.5) is 0 Å². The zero-order valence-electron chi connectivity index (χ0n) is 9.87. The van der Waals surface area contributed by atoms with Gasteiger partial charge in [-0.1, -0.05) is 12.1 Å². The Morgan fingerprint density at radius 1 is 1.33 bits per heavy atom. The van der Waals surface area contributed by atoms with E-state index in [1.54, 1.807) is 12.1 Å². The van der Waals surface area contributed by atoms with Gasteiger partial charge in [-0.2, -0.15) is 0 Å². The highest BCUT2D eigenvalue weighted by atomic mass is 16.5. The lowest BCUT2D eigenvalue weighted by Gasteiger charge is -2.08. The molecule has 0 fully saturated rings. The standard InChI is InChI=1S/C12H15NO5/c1-7(14)12(17)18-9-4-2-8(3-5-9)6-10(13)11(15)16/h2-5,7,10,14H,6,13H2,1H3,(H,15,16)/t7?,10-/m0/s1. The Bertz CT molecular complexity index is 427. The molecule has 0 spiro atoms. The van der Waals surface area contributed by atoms with Crippen LogP contribution in [-0.2, 0) is 16.0 Å². The van der Waals surface area contributed by atoms with E-state index in [4.69, 9.17) is 20.7 Å². The summed E-state index contributed by atoms with van der Waals surface area (Å²) >= 11 is 0. The molecule has 6 nitrogen and oxygen atoms in total. The maximum absolute atomic E-state index is 11.1. The second kappa shape index (κ2) is 6.13. The molecule has 6 heteroatoms. The Morgan fingerprint density at radius 3 is 2.33 bits per heavy atom. The number of benzene rings is 1. The number of rotatable bonds is 5. The molecular weight excluding hydrogens is 238 g/mol. The van der Waals surface area contributed by atoms with Gasteiger partial charge in [-0.3, -0.25) is 4.79 Å². The SMILES string of the molecule is CC(O)C(=O)Oc1ccc(C[C@H](N)C(=O)O)cc1. The van der Waals surface area contributed by atoms with E-state index in [1.807, 2.05) is 0 Å². The van der Waals surface area contributed by atoms with Gasteiger partial charge in [-0.05, 0) is 31.0 Å². The molecule has 1 aromatic rings. The topological polar surface area (TPSA) is 110 Å². The molecule has 0 saturated heterocycles. The van der Waals surface area contributed by atoms with Gasteiger partial charge in [0.2, 0.25) is 0 Å². The minimum absolute atomic E-state index is 0.194. The van der Waals surface area contributed by atoms with Crippen LogP contribution in [0.25, 0.3) is 0 Å². The summed E-state index contributed by atoms with van der Waals surface area (Å²) in [6.45, 7) is 1.31. The lowest BCUT2D eigenvalue weighted by Crippen LogP contribution is -2.32. The third-order valence-electron chi connectivity index (χ3n) is 2.26. The van der Waals surface area contributed by atoms with Gasteiger partial charge < -0.3 is 20.7 Å². The Morgan fingerprint density at radius 2 is 1.89 bits per heavy atom. The summed E-state index contributed by atoms with van der Waals surface area (Å²) in [5.74, 6) is -1.53. The number of carbonyl (C=O) groups is 2. The molecule has 0 aromatic heterocycles. The second-order valence-electron chi connectivity index (χ2n) is 3.89. The Kier molecular flexibility index (Phi) is 4.82. The van der Waals surface area contributed by atoms with E-state index in [2.05, 4.69) is 0 Å². The summed E-state index contributed by atoms with van der Waals surface area (Å²) in [5.41, 5.74) is 6.11. The Hall–Kier alpha value is -1.92. The highest BCUT2D eigenvalue weighted by Crippen LogP contribution is 2.14.